The molecule has 4 aromatic carbocycles. The number of ether oxygens (including phenoxy) is 2. The second kappa shape index (κ2) is 24.8. The summed E-state index contributed by atoms with van der Waals surface area (Å²) in [5.74, 6) is 0.903. The van der Waals surface area contributed by atoms with Gasteiger partial charge in [-0.3, -0.25) is 4.99 Å². The van der Waals surface area contributed by atoms with Gasteiger partial charge in [-0.2, -0.15) is 26.3 Å². The fraction of sp³-hybridized carbons (Fsp3) is 0.242. The van der Waals surface area contributed by atoms with Crippen LogP contribution in [-0.4, -0.2) is 18.6 Å². The maximum atomic E-state index is 14.6. The summed E-state index contributed by atoms with van der Waals surface area (Å²) in [6.07, 6.45) is 9.71. The molecule has 3 nitrogen and oxygen atoms in total. The topological polar surface area (TPSA) is 30.8 Å². The summed E-state index contributed by atoms with van der Waals surface area (Å²) in [4.78, 5) is 9.45. The number of hydrogen-bond donors (Lipinski definition) is 0. The molecule has 382 valence electrons. The standard InChI is InChI=1S/C33H29F6NO2.C26H28S2.C3H6/c1-5-40-25-9-7-11-29(21-25)42-27-18-14-23(15-19-27)31(32(34,35)36,33(37,38)39)22-12-16-26(17-13-22)41-28-10-6-8-24(20-28)30(2,3)4;1-7-11-16-24-20(10-4)26(18(6)28-24)22-15-12-14-21(22)25-17(5)27-23(13-8-2)19(25)9-3;1-3-2/h5-21H,1-4H3;7-11,13,16H,1,3-4,12,14-15H2,2,5-6H3;3H,1H2,2H3/b;13-8-,16-11-;. The fourth-order valence-electron chi connectivity index (χ4n) is 8.78. The van der Waals surface area contributed by atoms with Crippen LogP contribution < -0.4 is 9.47 Å². The van der Waals surface area contributed by atoms with E-state index in [2.05, 4.69) is 70.3 Å². The Labute approximate surface area is 435 Å². The number of aliphatic imine (C=N–C) groups is 1. The molecule has 0 unspecified atom stereocenters. The van der Waals surface area contributed by atoms with E-state index in [0.29, 0.717) is 17.2 Å². The molecule has 2 heterocycles. The molecule has 6 aromatic rings. The first-order valence-corrected chi connectivity index (χ1v) is 25.4. The smallest absolute Gasteiger partial charge is 0.411 e. The number of rotatable bonds is 14. The van der Waals surface area contributed by atoms with Crippen molar-refractivity contribution in [2.24, 2.45) is 4.99 Å². The van der Waals surface area contributed by atoms with Crippen molar-refractivity contribution < 1.29 is 35.8 Å². The van der Waals surface area contributed by atoms with Gasteiger partial charge in [-0.1, -0.05) is 119 Å². The Hall–Kier alpha value is -6.69. The van der Waals surface area contributed by atoms with Gasteiger partial charge in [0.25, 0.3) is 0 Å². The SMILES string of the molecule is C=C/C=C\c1sc(C)c(C2=C(c3c(C)sc(/C=C\C)c3C=C)CCC2)c1C=C.C=CC.CC=Nc1cccc(Oc2ccc(C(c3ccc(Oc4cccc(C(C)(C)C)c4)cc3)(C(F)(F)F)C(F)(F)F)cc2)c1. The van der Waals surface area contributed by atoms with E-state index in [9.17, 15) is 26.3 Å². The van der Waals surface area contributed by atoms with Crippen LogP contribution in [0.5, 0.6) is 23.0 Å². The van der Waals surface area contributed by atoms with Crippen LogP contribution in [0.15, 0.2) is 153 Å². The number of alkyl halides is 6. The average molecular weight is 1030 g/mol. The number of allylic oxidation sites excluding steroid dienone is 6. The predicted molar refractivity (Wildman–Crippen MR) is 300 cm³/mol. The van der Waals surface area contributed by atoms with Crippen molar-refractivity contribution in [2.45, 2.75) is 97.8 Å². The first-order valence-electron chi connectivity index (χ1n) is 23.8. The number of hydrogen-bond acceptors (Lipinski definition) is 5. The van der Waals surface area contributed by atoms with Gasteiger partial charge in [0.05, 0.1) is 5.69 Å². The summed E-state index contributed by atoms with van der Waals surface area (Å²) < 4.78 is 99.1. The molecule has 0 fully saturated rings. The second-order valence-electron chi connectivity index (χ2n) is 18.0. The molecule has 0 aliphatic heterocycles. The number of benzene rings is 4. The zero-order chi connectivity index (χ0) is 53.7. The lowest BCUT2D eigenvalue weighted by Crippen LogP contribution is -2.54. The molecule has 0 bridgehead atoms. The van der Waals surface area contributed by atoms with Crippen LogP contribution in [0.4, 0.5) is 32.0 Å². The van der Waals surface area contributed by atoms with Crippen molar-refractivity contribution in [1.29, 1.82) is 0 Å². The normalized spacial score (nSPS) is 13.2. The van der Waals surface area contributed by atoms with Crippen molar-refractivity contribution >= 4 is 70.0 Å². The van der Waals surface area contributed by atoms with E-state index in [1.165, 1.54) is 59.3 Å². The van der Waals surface area contributed by atoms with Gasteiger partial charge in [0, 0.05) is 31.8 Å². The molecule has 2 aromatic heterocycles. The van der Waals surface area contributed by atoms with Crippen LogP contribution in [0, 0.1) is 13.8 Å². The van der Waals surface area contributed by atoms with Crippen molar-refractivity contribution in [1.82, 2.24) is 0 Å². The van der Waals surface area contributed by atoms with E-state index in [0.717, 1.165) is 66.9 Å². The van der Waals surface area contributed by atoms with Gasteiger partial charge in [0.1, 0.15) is 23.0 Å². The van der Waals surface area contributed by atoms with E-state index < -0.39 is 28.9 Å². The third kappa shape index (κ3) is 13.1. The Morgan fingerprint density at radius 1 is 0.575 bits per heavy atom. The van der Waals surface area contributed by atoms with Crippen LogP contribution >= 0.6 is 22.7 Å². The molecular formula is C62H63F6NO2S2. The molecule has 0 N–H and O–H groups in total. The summed E-state index contributed by atoms with van der Waals surface area (Å²) in [5.41, 5.74) is 3.42. The highest BCUT2D eigenvalue weighted by Gasteiger charge is 2.72. The number of nitrogens with zero attached hydrogens (tertiary/aromatic N) is 1. The van der Waals surface area contributed by atoms with Crippen molar-refractivity contribution in [2.75, 3.05) is 0 Å². The highest BCUT2D eigenvalue weighted by atomic mass is 32.1. The zero-order valence-corrected chi connectivity index (χ0v) is 44.4. The molecule has 73 heavy (non-hydrogen) atoms. The lowest BCUT2D eigenvalue weighted by atomic mass is 9.73. The molecule has 1 aliphatic carbocycles. The number of aryl methyl sites for hydroxylation is 2. The quantitative estimate of drug-likeness (QED) is 0.0471. The molecular weight excluding hydrogens is 969 g/mol. The minimum absolute atomic E-state index is 0.0656. The summed E-state index contributed by atoms with van der Waals surface area (Å²) in [6.45, 7) is 31.6. The Morgan fingerprint density at radius 3 is 1.44 bits per heavy atom. The maximum Gasteiger partial charge on any atom is 0.411 e. The van der Waals surface area contributed by atoms with Crippen molar-refractivity contribution in [3.63, 3.8) is 0 Å². The van der Waals surface area contributed by atoms with Gasteiger partial charge in [0.2, 0.25) is 5.41 Å². The molecule has 0 radical (unpaired) electrons. The highest BCUT2D eigenvalue weighted by molar-refractivity contribution is 7.13. The van der Waals surface area contributed by atoms with E-state index in [1.54, 1.807) is 61.7 Å². The van der Waals surface area contributed by atoms with Crippen LogP contribution in [0.1, 0.15) is 119 Å². The zero-order valence-electron chi connectivity index (χ0n) is 42.7. The summed E-state index contributed by atoms with van der Waals surface area (Å²) in [7, 11) is 0. The van der Waals surface area contributed by atoms with Gasteiger partial charge in [0.15, 0.2) is 0 Å². The fourth-order valence-corrected chi connectivity index (χ4v) is 11.0. The molecule has 0 saturated heterocycles. The van der Waals surface area contributed by atoms with Crippen LogP contribution in [0.3, 0.4) is 0 Å². The van der Waals surface area contributed by atoms with Gasteiger partial charge >= 0.3 is 12.4 Å². The molecule has 0 spiro atoms. The molecule has 0 saturated carbocycles. The van der Waals surface area contributed by atoms with Gasteiger partial charge in [-0.15, -0.1) is 29.3 Å². The third-order valence-corrected chi connectivity index (χ3v) is 14.1. The van der Waals surface area contributed by atoms with E-state index >= 15 is 0 Å². The van der Waals surface area contributed by atoms with E-state index in [-0.39, 0.29) is 16.9 Å². The van der Waals surface area contributed by atoms with Crippen LogP contribution in [0.25, 0.3) is 35.5 Å². The largest absolute Gasteiger partial charge is 0.457 e. The number of thiophene rings is 2. The second-order valence-corrected chi connectivity index (χ2v) is 20.5. The molecule has 0 atom stereocenters. The summed E-state index contributed by atoms with van der Waals surface area (Å²) in [6, 6.07) is 21.2. The lowest BCUT2D eigenvalue weighted by molar-refractivity contribution is -0.288. The molecule has 0 amide bonds. The summed E-state index contributed by atoms with van der Waals surface area (Å²) in [5, 5.41) is 0. The monoisotopic (exact) mass is 1030 g/mol. The first-order chi connectivity index (χ1) is 34.6. The minimum Gasteiger partial charge on any atom is -0.457 e. The predicted octanol–water partition coefficient (Wildman–Crippen LogP) is 20.9. The Morgan fingerprint density at radius 2 is 1.03 bits per heavy atom. The summed E-state index contributed by atoms with van der Waals surface area (Å²) >= 11 is 3.72. The van der Waals surface area contributed by atoms with Crippen LogP contribution in [0.2, 0.25) is 0 Å². The Kier molecular flexibility index (Phi) is 19.5. The average Bonchev–Trinajstić information content (AvgIpc) is 4.02. The van der Waals surface area contributed by atoms with E-state index in [4.69, 9.17) is 9.47 Å². The Bertz CT molecular complexity index is 2990. The minimum atomic E-state index is -5.72. The van der Waals surface area contributed by atoms with Crippen molar-refractivity contribution in [3.8, 4) is 23.0 Å². The van der Waals surface area contributed by atoms with Gasteiger partial charge in [-0.05, 0) is 170 Å². The van der Waals surface area contributed by atoms with Crippen molar-refractivity contribution in [3.05, 3.63) is 206 Å². The molecule has 1 aliphatic rings. The van der Waals surface area contributed by atoms with E-state index in [1.807, 2.05) is 80.7 Å². The highest BCUT2D eigenvalue weighted by Crippen LogP contribution is 2.57. The number of halogens is 6. The molecule has 7 rings (SSSR count). The lowest BCUT2D eigenvalue weighted by Gasteiger charge is -2.38. The first kappa shape index (κ1) is 57.2. The molecule has 11 heteroatoms. The van der Waals surface area contributed by atoms with Gasteiger partial charge in [-0.25, -0.2) is 0 Å². The third-order valence-electron chi connectivity index (χ3n) is 11.9. The van der Waals surface area contributed by atoms with Crippen LogP contribution in [-0.2, 0) is 10.8 Å². The van der Waals surface area contributed by atoms with Gasteiger partial charge < -0.3 is 9.47 Å². The Balaban J connectivity index is 0.000000276. The maximum absolute atomic E-state index is 14.6.